The molecule has 0 bridgehead atoms. The Balaban J connectivity index is 1.25. The van der Waals surface area contributed by atoms with Crippen molar-refractivity contribution in [2.24, 2.45) is 0 Å². The molecule has 184 valence electrons. The Morgan fingerprint density at radius 3 is 2.51 bits per heavy atom. The van der Waals surface area contributed by atoms with Crippen molar-refractivity contribution in [2.75, 3.05) is 0 Å². The molecule has 4 aromatic carbocycles. The van der Waals surface area contributed by atoms with Crippen LogP contribution in [0.1, 0.15) is 29.2 Å². The normalized spacial score (nSPS) is 14.4. The summed E-state index contributed by atoms with van der Waals surface area (Å²) in [5.74, 6) is 0.990. The second-order valence-electron chi connectivity index (χ2n) is 9.03. The topological polar surface area (TPSA) is 51.3 Å². The summed E-state index contributed by atoms with van der Waals surface area (Å²) in [6.07, 6.45) is 1.65. The third kappa shape index (κ3) is 4.93. The van der Waals surface area contributed by atoms with Gasteiger partial charge in [0.05, 0.1) is 4.88 Å². The number of aromatic nitrogens is 1. The Kier molecular flexibility index (Phi) is 6.33. The molecule has 5 aromatic rings. The number of nitrogens with one attached hydrogen (secondary N) is 1. The standard InChI is InChI=1S/C31H24FNO3S/c32-22-11-14-27(29(17-22)35-19-20-5-2-1-3-6-20)24-7-4-8-26-25(24)15-16-28(26)36-23-12-9-21(10-13-23)30-18-31(34)33-37-30/h1-14,17-18,28H,15-16,19H2,(H,33,34)/t28-/m1/s1. The molecule has 1 N–H and O–H groups in total. The van der Waals surface area contributed by atoms with Gasteiger partial charge in [0.1, 0.15) is 30.0 Å². The summed E-state index contributed by atoms with van der Waals surface area (Å²) in [4.78, 5) is 12.4. The van der Waals surface area contributed by atoms with E-state index < -0.39 is 0 Å². The molecule has 0 unspecified atom stereocenters. The number of benzene rings is 4. The van der Waals surface area contributed by atoms with Crippen molar-refractivity contribution in [1.82, 2.24) is 4.37 Å². The number of H-pyrrole nitrogens is 1. The maximum atomic E-state index is 14.2. The Labute approximate surface area is 218 Å². The van der Waals surface area contributed by atoms with E-state index in [1.807, 2.05) is 60.7 Å². The Morgan fingerprint density at radius 1 is 0.892 bits per heavy atom. The molecule has 0 saturated carbocycles. The van der Waals surface area contributed by atoms with E-state index in [1.165, 1.54) is 29.2 Å². The fourth-order valence-corrected chi connectivity index (χ4v) is 5.54. The van der Waals surface area contributed by atoms with Gasteiger partial charge in [0, 0.05) is 17.7 Å². The van der Waals surface area contributed by atoms with Gasteiger partial charge in [-0.25, -0.2) is 4.39 Å². The van der Waals surface area contributed by atoms with Crippen molar-refractivity contribution in [2.45, 2.75) is 25.6 Å². The lowest BCUT2D eigenvalue weighted by Crippen LogP contribution is -2.03. The quantitative estimate of drug-likeness (QED) is 0.246. The van der Waals surface area contributed by atoms with Gasteiger partial charge in [-0.15, -0.1) is 0 Å². The van der Waals surface area contributed by atoms with E-state index in [2.05, 4.69) is 16.5 Å². The van der Waals surface area contributed by atoms with Crippen molar-refractivity contribution in [1.29, 1.82) is 0 Å². The maximum absolute atomic E-state index is 14.2. The molecule has 1 aliphatic rings. The van der Waals surface area contributed by atoms with Crippen molar-refractivity contribution < 1.29 is 13.9 Å². The number of hydrogen-bond acceptors (Lipinski definition) is 4. The zero-order valence-corrected chi connectivity index (χ0v) is 20.8. The largest absolute Gasteiger partial charge is 0.488 e. The van der Waals surface area contributed by atoms with Crippen LogP contribution < -0.4 is 15.0 Å². The zero-order valence-electron chi connectivity index (χ0n) is 19.9. The third-order valence-electron chi connectivity index (χ3n) is 6.63. The minimum absolute atomic E-state index is 0.0711. The molecule has 1 aliphatic carbocycles. The van der Waals surface area contributed by atoms with E-state index in [-0.39, 0.29) is 17.5 Å². The smallest absolute Gasteiger partial charge is 0.258 e. The molecular formula is C31H24FNO3S. The molecule has 4 nitrogen and oxygen atoms in total. The number of rotatable bonds is 7. The number of hydrogen-bond donors (Lipinski definition) is 1. The number of fused-ring (bicyclic) bond motifs is 1. The monoisotopic (exact) mass is 509 g/mol. The minimum atomic E-state index is -0.323. The molecule has 0 spiro atoms. The van der Waals surface area contributed by atoms with Crippen LogP contribution in [-0.2, 0) is 13.0 Å². The van der Waals surface area contributed by atoms with Gasteiger partial charge in [-0.05, 0) is 77.1 Å². The summed E-state index contributed by atoms with van der Waals surface area (Å²) in [6, 6.07) is 30.2. The van der Waals surface area contributed by atoms with Gasteiger partial charge in [0.25, 0.3) is 5.56 Å². The van der Waals surface area contributed by atoms with Crippen LogP contribution in [0.25, 0.3) is 21.6 Å². The molecule has 0 saturated heterocycles. The Hall–Kier alpha value is -4.16. The highest BCUT2D eigenvalue weighted by molar-refractivity contribution is 7.09. The summed E-state index contributed by atoms with van der Waals surface area (Å²) in [5, 5.41) is 0. The molecule has 1 aromatic heterocycles. The molecule has 0 radical (unpaired) electrons. The van der Waals surface area contributed by atoms with Crippen LogP contribution in [0.2, 0.25) is 0 Å². The van der Waals surface area contributed by atoms with Gasteiger partial charge >= 0.3 is 0 Å². The zero-order chi connectivity index (χ0) is 25.2. The summed E-state index contributed by atoms with van der Waals surface area (Å²) in [5.41, 5.74) is 6.19. The number of ether oxygens (including phenoxy) is 2. The molecule has 1 atom stereocenters. The first kappa shape index (κ1) is 23.3. The lowest BCUT2D eigenvalue weighted by Gasteiger charge is -2.17. The number of aromatic amines is 1. The van der Waals surface area contributed by atoms with E-state index in [0.29, 0.717) is 12.4 Å². The maximum Gasteiger partial charge on any atom is 0.258 e. The van der Waals surface area contributed by atoms with Crippen LogP contribution in [0, 0.1) is 5.82 Å². The van der Waals surface area contributed by atoms with E-state index >= 15 is 0 Å². The second kappa shape index (κ2) is 10.1. The lowest BCUT2D eigenvalue weighted by atomic mass is 9.96. The summed E-state index contributed by atoms with van der Waals surface area (Å²) in [7, 11) is 0. The fourth-order valence-electron chi connectivity index (χ4n) is 4.85. The third-order valence-corrected chi connectivity index (χ3v) is 7.50. The van der Waals surface area contributed by atoms with Crippen LogP contribution >= 0.6 is 11.5 Å². The van der Waals surface area contributed by atoms with Crippen molar-refractivity contribution in [3.05, 3.63) is 130 Å². The van der Waals surface area contributed by atoms with Crippen LogP contribution in [0.15, 0.2) is 102 Å². The Bertz CT molecular complexity index is 1590. The second-order valence-corrected chi connectivity index (χ2v) is 9.88. The van der Waals surface area contributed by atoms with Crippen LogP contribution in [-0.4, -0.2) is 4.37 Å². The average molecular weight is 510 g/mol. The van der Waals surface area contributed by atoms with Gasteiger partial charge in [-0.2, -0.15) is 0 Å². The summed E-state index contributed by atoms with van der Waals surface area (Å²) >= 11 is 1.32. The molecule has 0 fully saturated rings. The minimum Gasteiger partial charge on any atom is -0.488 e. The molecule has 0 amide bonds. The van der Waals surface area contributed by atoms with Crippen LogP contribution in [0.4, 0.5) is 4.39 Å². The highest BCUT2D eigenvalue weighted by Gasteiger charge is 2.27. The first-order valence-corrected chi connectivity index (χ1v) is 13.0. The lowest BCUT2D eigenvalue weighted by molar-refractivity contribution is 0.207. The van der Waals surface area contributed by atoms with E-state index in [4.69, 9.17) is 9.47 Å². The molecule has 0 aliphatic heterocycles. The molecule has 6 heteroatoms. The summed E-state index contributed by atoms with van der Waals surface area (Å²) < 4.78 is 29.4. The van der Waals surface area contributed by atoms with Crippen LogP contribution in [0.3, 0.4) is 0 Å². The van der Waals surface area contributed by atoms with Crippen molar-refractivity contribution in [3.8, 4) is 33.1 Å². The van der Waals surface area contributed by atoms with Crippen LogP contribution in [0.5, 0.6) is 11.5 Å². The van der Waals surface area contributed by atoms with Crippen molar-refractivity contribution in [3.63, 3.8) is 0 Å². The highest BCUT2D eigenvalue weighted by atomic mass is 32.1. The van der Waals surface area contributed by atoms with Gasteiger partial charge in [0.15, 0.2) is 0 Å². The van der Waals surface area contributed by atoms with Gasteiger partial charge in [0.2, 0.25) is 0 Å². The fraction of sp³-hybridized carbons (Fsp3) is 0.129. The first-order valence-electron chi connectivity index (χ1n) is 12.2. The van der Waals surface area contributed by atoms with E-state index in [1.54, 1.807) is 12.1 Å². The molecule has 1 heterocycles. The first-order chi connectivity index (χ1) is 18.1. The highest BCUT2D eigenvalue weighted by Crippen LogP contribution is 2.43. The van der Waals surface area contributed by atoms with Gasteiger partial charge < -0.3 is 9.47 Å². The van der Waals surface area contributed by atoms with Gasteiger partial charge in [-0.3, -0.25) is 9.17 Å². The predicted octanol–water partition coefficient (Wildman–Crippen LogP) is 7.55. The average Bonchev–Trinajstić information content (AvgIpc) is 3.55. The Morgan fingerprint density at radius 2 is 1.73 bits per heavy atom. The SMILES string of the molecule is O=c1cc(-c2ccc(O[C@@H]3CCc4c(-c5ccc(F)cc5OCc5ccccc5)cccc43)cc2)s[nH]1. The molecule has 37 heavy (non-hydrogen) atoms. The predicted molar refractivity (Wildman–Crippen MR) is 145 cm³/mol. The molecule has 6 rings (SSSR count). The van der Waals surface area contributed by atoms with Gasteiger partial charge in [-0.1, -0.05) is 60.1 Å². The van der Waals surface area contributed by atoms with E-state index in [0.717, 1.165) is 51.3 Å². The summed E-state index contributed by atoms with van der Waals surface area (Å²) in [6.45, 7) is 0.369. The van der Waals surface area contributed by atoms with Crippen molar-refractivity contribution >= 4 is 11.5 Å². The van der Waals surface area contributed by atoms with E-state index in [9.17, 15) is 9.18 Å². The molecular weight excluding hydrogens is 485 g/mol. The number of halogens is 1.